The summed E-state index contributed by atoms with van der Waals surface area (Å²) in [5.41, 5.74) is 1.26. The standard InChI is InChI=1S/C14H11ClO4/c1-19-13-7-9(2-4-11(13)15)8-3-5-12(16)10(6-8)14(17)18/h2-7,16H,1H3,(H,17,18). The number of methoxy groups -OCH3 is 1. The van der Waals surface area contributed by atoms with Gasteiger partial charge in [0.2, 0.25) is 0 Å². The second-order valence-corrected chi connectivity index (χ2v) is 4.29. The maximum atomic E-state index is 11.0. The molecule has 2 N–H and O–H groups in total. The Labute approximate surface area is 114 Å². The highest BCUT2D eigenvalue weighted by Crippen LogP contribution is 2.32. The third-order valence-electron chi connectivity index (χ3n) is 2.71. The predicted octanol–water partition coefficient (Wildman–Crippen LogP) is 3.42. The van der Waals surface area contributed by atoms with Crippen LogP contribution >= 0.6 is 11.6 Å². The average molecular weight is 279 g/mol. The zero-order valence-corrected chi connectivity index (χ0v) is 10.8. The normalized spacial score (nSPS) is 10.2. The number of ether oxygens (including phenoxy) is 1. The fourth-order valence-corrected chi connectivity index (χ4v) is 1.92. The molecule has 98 valence electrons. The predicted molar refractivity (Wildman–Crippen MR) is 72.1 cm³/mol. The highest BCUT2D eigenvalue weighted by molar-refractivity contribution is 6.32. The van der Waals surface area contributed by atoms with Crippen LogP contribution in [-0.4, -0.2) is 23.3 Å². The fourth-order valence-electron chi connectivity index (χ4n) is 1.73. The van der Waals surface area contributed by atoms with Gasteiger partial charge in [0.1, 0.15) is 17.1 Å². The largest absolute Gasteiger partial charge is 0.507 e. The number of carboxylic acid groups (broad SMARTS) is 1. The van der Waals surface area contributed by atoms with Crippen LogP contribution in [-0.2, 0) is 0 Å². The molecule has 0 aliphatic carbocycles. The Hall–Kier alpha value is -2.20. The monoisotopic (exact) mass is 278 g/mol. The highest BCUT2D eigenvalue weighted by atomic mass is 35.5. The topological polar surface area (TPSA) is 66.8 Å². The number of hydrogen-bond acceptors (Lipinski definition) is 3. The van der Waals surface area contributed by atoms with Gasteiger partial charge in [0.15, 0.2) is 0 Å². The molecule has 4 nitrogen and oxygen atoms in total. The van der Waals surface area contributed by atoms with Crippen LogP contribution in [0.5, 0.6) is 11.5 Å². The van der Waals surface area contributed by atoms with Crippen molar-refractivity contribution >= 4 is 17.6 Å². The van der Waals surface area contributed by atoms with E-state index in [-0.39, 0.29) is 11.3 Å². The number of rotatable bonds is 3. The van der Waals surface area contributed by atoms with Crippen molar-refractivity contribution in [3.8, 4) is 22.6 Å². The second kappa shape index (κ2) is 5.20. The molecule has 0 spiro atoms. The Morgan fingerprint density at radius 3 is 2.42 bits per heavy atom. The van der Waals surface area contributed by atoms with E-state index in [2.05, 4.69) is 0 Å². The Balaban J connectivity index is 2.53. The minimum Gasteiger partial charge on any atom is -0.507 e. The van der Waals surface area contributed by atoms with Crippen molar-refractivity contribution in [3.63, 3.8) is 0 Å². The summed E-state index contributed by atoms with van der Waals surface area (Å²) in [6.45, 7) is 0. The first-order chi connectivity index (χ1) is 9.02. The number of carboxylic acids is 1. The first kappa shape index (κ1) is 13.2. The molecule has 0 fully saturated rings. The molecule has 0 atom stereocenters. The van der Waals surface area contributed by atoms with Crippen LogP contribution in [0, 0.1) is 0 Å². The molecule has 0 radical (unpaired) electrons. The van der Waals surface area contributed by atoms with Gasteiger partial charge in [0.25, 0.3) is 0 Å². The van der Waals surface area contributed by atoms with Crippen molar-refractivity contribution in [2.75, 3.05) is 7.11 Å². The summed E-state index contributed by atoms with van der Waals surface area (Å²) in [6, 6.07) is 9.51. The zero-order valence-electron chi connectivity index (χ0n) is 10.1. The summed E-state index contributed by atoms with van der Waals surface area (Å²) in [4.78, 5) is 11.0. The van der Waals surface area contributed by atoms with Gasteiger partial charge in [-0.05, 0) is 35.4 Å². The maximum Gasteiger partial charge on any atom is 0.339 e. The van der Waals surface area contributed by atoms with E-state index >= 15 is 0 Å². The van der Waals surface area contributed by atoms with E-state index in [0.717, 1.165) is 5.56 Å². The lowest BCUT2D eigenvalue weighted by atomic mass is 10.0. The fraction of sp³-hybridized carbons (Fsp3) is 0.0714. The molecule has 2 aromatic rings. The van der Waals surface area contributed by atoms with E-state index in [4.69, 9.17) is 21.4 Å². The van der Waals surface area contributed by atoms with E-state index in [1.807, 2.05) is 0 Å². The molecule has 5 heteroatoms. The molecule has 0 heterocycles. The van der Waals surface area contributed by atoms with Gasteiger partial charge in [-0.1, -0.05) is 23.7 Å². The number of benzene rings is 2. The Morgan fingerprint density at radius 1 is 1.16 bits per heavy atom. The number of phenols is 1. The smallest absolute Gasteiger partial charge is 0.339 e. The van der Waals surface area contributed by atoms with Crippen molar-refractivity contribution in [2.45, 2.75) is 0 Å². The molecule has 0 saturated heterocycles. The summed E-state index contributed by atoms with van der Waals surface area (Å²) in [5, 5.41) is 18.9. The SMILES string of the molecule is COc1cc(-c2ccc(O)c(C(=O)O)c2)ccc1Cl. The van der Waals surface area contributed by atoms with Gasteiger partial charge in [-0.2, -0.15) is 0 Å². The summed E-state index contributed by atoms with van der Waals surface area (Å²) in [6.07, 6.45) is 0. The van der Waals surface area contributed by atoms with Crippen molar-refractivity contribution in [1.82, 2.24) is 0 Å². The van der Waals surface area contributed by atoms with Crippen LogP contribution in [0.2, 0.25) is 5.02 Å². The minimum absolute atomic E-state index is 0.147. The second-order valence-electron chi connectivity index (χ2n) is 3.89. The van der Waals surface area contributed by atoms with E-state index in [1.165, 1.54) is 19.2 Å². The number of aromatic carboxylic acids is 1. The van der Waals surface area contributed by atoms with Gasteiger partial charge in [-0.3, -0.25) is 0 Å². The summed E-state index contributed by atoms with van der Waals surface area (Å²) in [7, 11) is 1.50. The van der Waals surface area contributed by atoms with Crippen LogP contribution < -0.4 is 4.74 Å². The molecule has 0 aliphatic rings. The van der Waals surface area contributed by atoms with Crippen LogP contribution in [0.15, 0.2) is 36.4 Å². The zero-order chi connectivity index (χ0) is 14.0. The molecule has 2 rings (SSSR count). The van der Waals surface area contributed by atoms with Crippen molar-refractivity contribution in [3.05, 3.63) is 47.0 Å². The Morgan fingerprint density at radius 2 is 1.79 bits per heavy atom. The molecule has 0 saturated carbocycles. The van der Waals surface area contributed by atoms with Gasteiger partial charge in [0, 0.05) is 0 Å². The lowest BCUT2D eigenvalue weighted by molar-refractivity contribution is 0.0694. The van der Waals surface area contributed by atoms with Gasteiger partial charge >= 0.3 is 5.97 Å². The molecule has 0 unspecified atom stereocenters. The van der Waals surface area contributed by atoms with Gasteiger partial charge < -0.3 is 14.9 Å². The molecule has 0 bridgehead atoms. The van der Waals surface area contributed by atoms with Crippen molar-refractivity contribution < 1.29 is 19.7 Å². The van der Waals surface area contributed by atoms with Crippen LogP contribution in [0.25, 0.3) is 11.1 Å². The molecule has 0 aromatic heterocycles. The summed E-state index contributed by atoms with van der Waals surface area (Å²) >= 11 is 5.93. The number of halogens is 1. The molecule has 0 aliphatic heterocycles. The first-order valence-electron chi connectivity index (χ1n) is 5.43. The lowest BCUT2D eigenvalue weighted by Gasteiger charge is -2.08. The minimum atomic E-state index is -1.18. The third kappa shape index (κ3) is 2.63. The van der Waals surface area contributed by atoms with Crippen LogP contribution in [0.4, 0.5) is 0 Å². The molecule has 0 amide bonds. The lowest BCUT2D eigenvalue weighted by Crippen LogP contribution is -1.97. The maximum absolute atomic E-state index is 11.0. The number of hydrogen-bond donors (Lipinski definition) is 2. The van der Waals surface area contributed by atoms with Gasteiger partial charge in [0.05, 0.1) is 12.1 Å². The number of carbonyl (C=O) groups is 1. The van der Waals surface area contributed by atoms with Gasteiger partial charge in [-0.25, -0.2) is 4.79 Å². The van der Waals surface area contributed by atoms with Crippen LogP contribution in [0.3, 0.4) is 0 Å². The molecule has 19 heavy (non-hydrogen) atoms. The molecular formula is C14H11ClO4. The third-order valence-corrected chi connectivity index (χ3v) is 3.02. The van der Waals surface area contributed by atoms with E-state index < -0.39 is 5.97 Å². The highest BCUT2D eigenvalue weighted by Gasteiger charge is 2.12. The van der Waals surface area contributed by atoms with Crippen molar-refractivity contribution in [2.24, 2.45) is 0 Å². The molecule has 2 aromatic carbocycles. The number of aromatic hydroxyl groups is 1. The summed E-state index contributed by atoms with van der Waals surface area (Å²) < 4.78 is 5.11. The van der Waals surface area contributed by atoms with Crippen molar-refractivity contribution in [1.29, 1.82) is 0 Å². The Bertz CT molecular complexity index is 637. The van der Waals surface area contributed by atoms with E-state index in [9.17, 15) is 9.90 Å². The Kier molecular flexibility index (Phi) is 3.62. The summed E-state index contributed by atoms with van der Waals surface area (Å²) in [5.74, 6) is -0.943. The average Bonchev–Trinajstić information content (AvgIpc) is 2.39. The molecular weight excluding hydrogens is 268 g/mol. The van der Waals surface area contributed by atoms with Crippen LogP contribution in [0.1, 0.15) is 10.4 Å². The quantitative estimate of drug-likeness (QED) is 0.903. The van der Waals surface area contributed by atoms with Gasteiger partial charge in [-0.15, -0.1) is 0 Å². The first-order valence-corrected chi connectivity index (χ1v) is 5.81. The van der Waals surface area contributed by atoms with E-state index in [0.29, 0.717) is 16.3 Å². The van der Waals surface area contributed by atoms with E-state index in [1.54, 1.807) is 24.3 Å².